The van der Waals surface area contributed by atoms with E-state index in [2.05, 4.69) is 10.1 Å². The average molecular weight is 252 g/mol. The fraction of sp³-hybridized carbons (Fsp3) is 0.214. The highest BCUT2D eigenvalue weighted by atomic mass is 16.1. The molecule has 0 amide bonds. The molecule has 0 saturated heterocycles. The molecule has 3 heterocycles. The van der Waals surface area contributed by atoms with Crippen LogP contribution >= 0.6 is 0 Å². The molecule has 5 heteroatoms. The smallest absolute Gasteiger partial charge is 0.264 e. The number of benzene rings is 1. The van der Waals surface area contributed by atoms with E-state index in [-0.39, 0.29) is 5.56 Å². The third-order valence-corrected chi connectivity index (χ3v) is 3.55. The normalized spacial score (nSPS) is 13.9. The fourth-order valence-electron chi connectivity index (χ4n) is 2.62. The van der Waals surface area contributed by atoms with Crippen molar-refractivity contribution in [2.75, 3.05) is 0 Å². The zero-order chi connectivity index (χ0) is 12.8. The molecule has 2 aromatic heterocycles. The Hall–Kier alpha value is -2.43. The van der Waals surface area contributed by atoms with E-state index in [1.165, 1.54) is 0 Å². The summed E-state index contributed by atoms with van der Waals surface area (Å²) in [5, 5.41) is 4.90. The van der Waals surface area contributed by atoms with Gasteiger partial charge >= 0.3 is 0 Å². The number of para-hydroxylation sites is 1. The summed E-state index contributed by atoms with van der Waals surface area (Å²) in [4.78, 5) is 17.0. The van der Waals surface area contributed by atoms with Crippen molar-refractivity contribution in [2.24, 2.45) is 0 Å². The summed E-state index contributed by atoms with van der Waals surface area (Å²) >= 11 is 0. The van der Waals surface area contributed by atoms with Crippen LogP contribution < -0.4 is 5.56 Å². The molecule has 0 fully saturated rings. The molecule has 5 nitrogen and oxygen atoms in total. The van der Waals surface area contributed by atoms with Crippen molar-refractivity contribution in [1.29, 1.82) is 0 Å². The first-order valence-electron chi connectivity index (χ1n) is 6.37. The van der Waals surface area contributed by atoms with E-state index in [9.17, 15) is 4.79 Å². The van der Waals surface area contributed by atoms with Gasteiger partial charge in [0.1, 0.15) is 11.2 Å². The average Bonchev–Trinajstić information content (AvgIpc) is 3.07. The van der Waals surface area contributed by atoms with Crippen LogP contribution in [0, 0.1) is 0 Å². The summed E-state index contributed by atoms with van der Waals surface area (Å²) in [5.74, 6) is 0.871. The number of aromatic nitrogens is 4. The molecule has 94 valence electrons. The van der Waals surface area contributed by atoms with Gasteiger partial charge < -0.3 is 0 Å². The highest BCUT2D eigenvalue weighted by Crippen LogP contribution is 2.17. The second kappa shape index (κ2) is 3.78. The summed E-state index contributed by atoms with van der Waals surface area (Å²) in [5.41, 5.74) is 1.61. The Morgan fingerprint density at radius 3 is 2.84 bits per heavy atom. The lowest BCUT2D eigenvalue weighted by atomic mass is 10.3. The van der Waals surface area contributed by atoms with Gasteiger partial charge in [0.25, 0.3) is 5.56 Å². The minimum atomic E-state index is 0.0275. The Morgan fingerprint density at radius 2 is 2.00 bits per heavy atom. The summed E-state index contributed by atoms with van der Waals surface area (Å²) in [6.07, 6.45) is 3.47. The monoisotopic (exact) mass is 252 g/mol. The van der Waals surface area contributed by atoms with Gasteiger partial charge in [0.05, 0.1) is 11.9 Å². The van der Waals surface area contributed by atoms with Gasteiger partial charge in [-0.25, -0.2) is 9.67 Å². The molecule has 1 aliphatic heterocycles. The lowest BCUT2D eigenvalue weighted by Crippen LogP contribution is -2.20. The topological polar surface area (TPSA) is 52.7 Å². The Balaban J connectivity index is 2.05. The molecule has 1 aliphatic rings. The van der Waals surface area contributed by atoms with Crippen LogP contribution in [0.3, 0.4) is 0 Å². The molecular formula is C14H12N4O. The molecule has 0 bridgehead atoms. The SMILES string of the molecule is O=c1c2cnn(-c3ccccc3)c2nc2n1CCC2. The van der Waals surface area contributed by atoms with E-state index in [0.717, 1.165) is 30.9 Å². The number of nitrogens with zero attached hydrogens (tertiary/aromatic N) is 4. The van der Waals surface area contributed by atoms with Crippen molar-refractivity contribution < 1.29 is 0 Å². The summed E-state index contributed by atoms with van der Waals surface area (Å²) in [6.45, 7) is 0.771. The van der Waals surface area contributed by atoms with Crippen LogP contribution in [0.1, 0.15) is 12.2 Å². The first-order valence-corrected chi connectivity index (χ1v) is 6.37. The lowest BCUT2D eigenvalue weighted by Gasteiger charge is -2.05. The molecule has 4 rings (SSSR count). The summed E-state index contributed by atoms with van der Waals surface area (Å²) < 4.78 is 3.50. The van der Waals surface area contributed by atoms with Gasteiger partial charge in [-0.2, -0.15) is 5.10 Å². The fourth-order valence-corrected chi connectivity index (χ4v) is 2.62. The number of fused-ring (bicyclic) bond motifs is 2. The van der Waals surface area contributed by atoms with Crippen molar-refractivity contribution in [3.63, 3.8) is 0 Å². The number of hydrogen-bond donors (Lipinski definition) is 0. The number of rotatable bonds is 1. The van der Waals surface area contributed by atoms with Crippen molar-refractivity contribution in [3.05, 3.63) is 52.7 Å². The predicted molar refractivity (Wildman–Crippen MR) is 71.4 cm³/mol. The molecule has 0 aliphatic carbocycles. The van der Waals surface area contributed by atoms with Crippen molar-refractivity contribution in [2.45, 2.75) is 19.4 Å². The van der Waals surface area contributed by atoms with E-state index < -0.39 is 0 Å². The van der Waals surface area contributed by atoms with Crippen LogP contribution in [0.25, 0.3) is 16.7 Å². The molecule has 19 heavy (non-hydrogen) atoms. The molecule has 3 aromatic rings. The molecular weight excluding hydrogens is 240 g/mol. The largest absolute Gasteiger partial charge is 0.296 e. The molecule has 0 unspecified atom stereocenters. The van der Waals surface area contributed by atoms with Crippen LogP contribution in [0.2, 0.25) is 0 Å². The Morgan fingerprint density at radius 1 is 1.16 bits per heavy atom. The Labute approximate surface area is 109 Å². The van der Waals surface area contributed by atoms with E-state index in [0.29, 0.717) is 11.0 Å². The quantitative estimate of drug-likeness (QED) is 0.660. The lowest BCUT2D eigenvalue weighted by molar-refractivity contribution is 0.718. The predicted octanol–water partition coefficient (Wildman–Crippen LogP) is 1.53. The maximum Gasteiger partial charge on any atom is 0.264 e. The Kier molecular flexibility index (Phi) is 2.09. The van der Waals surface area contributed by atoms with Crippen LogP contribution in [-0.2, 0) is 13.0 Å². The molecule has 0 N–H and O–H groups in total. The van der Waals surface area contributed by atoms with Gasteiger partial charge in [-0.05, 0) is 18.6 Å². The van der Waals surface area contributed by atoms with E-state index in [1.54, 1.807) is 15.4 Å². The van der Waals surface area contributed by atoms with E-state index in [4.69, 9.17) is 0 Å². The molecule has 0 radical (unpaired) electrons. The third kappa shape index (κ3) is 1.44. The summed E-state index contributed by atoms with van der Waals surface area (Å²) in [7, 11) is 0. The van der Waals surface area contributed by atoms with Gasteiger partial charge in [0, 0.05) is 13.0 Å². The van der Waals surface area contributed by atoms with Crippen LogP contribution in [-0.4, -0.2) is 19.3 Å². The first kappa shape index (κ1) is 10.5. The molecule has 1 aromatic carbocycles. The number of aryl methyl sites for hydroxylation is 1. The third-order valence-electron chi connectivity index (χ3n) is 3.55. The van der Waals surface area contributed by atoms with Gasteiger partial charge in [-0.15, -0.1) is 0 Å². The van der Waals surface area contributed by atoms with Crippen LogP contribution in [0.15, 0.2) is 41.3 Å². The summed E-state index contributed by atoms with van der Waals surface area (Å²) in [6, 6.07) is 9.76. The van der Waals surface area contributed by atoms with Crippen molar-refractivity contribution in [3.8, 4) is 5.69 Å². The number of hydrogen-bond acceptors (Lipinski definition) is 3. The first-order chi connectivity index (χ1) is 9.34. The second-order valence-corrected chi connectivity index (χ2v) is 4.72. The van der Waals surface area contributed by atoms with E-state index >= 15 is 0 Å². The standard InChI is InChI=1S/C14H12N4O/c19-14-11-9-15-18(10-5-2-1-3-6-10)13(11)16-12-7-4-8-17(12)14/h1-3,5-6,9H,4,7-8H2. The minimum Gasteiger partial charge on any atom is -0.296 e. The molecule has 0 atom stereocenters. The minimum absolute atomic E-state index is 0.0275. The van der Waals surface area contributed by atoms with Crippen molar-refractivity contribution >= 4 is 11.0 Å². The van der Waals surface area contributed by atoms with Gasteiger partial charge in [0.15, 0.2) is 5.65 Å². The van der Waals surface area contributed by atoms with Crippen molar-refractivity contribution in [1.82, 2.24) is 19.3 Å². The maximum atomic E-state index is 12.3. The van der Waals surface area contributed by atoms with Gasteiger partial charge in [0.2, 0.25) is 0 Å². The second-order valence-electron chi connectivity index (χ2n) is 4.72. The Bertz CT molecular complexity index is 817. The van der Waals surface area contributed by atoms with Gasteiger partial charge in [-0.3, -0.25) is 9.36 Å². The highest BCUT2D eigenvalue weighted by molar-refractivity contribution is 5.75. The van der Waals surface area contributed by atoms with Gasteiger partial charge in [-0.1, -0.05) is 18.2 Å². The maximum absolute atomic E-state index is 12.3. The van der Waals surface area contributed by atoms with E-state index in [1.807, 2.05) is 30.3 Å². The molecule has 0 saturated carbocycles. The highest BCUT2D eigenvalue weighted by Gasteiger charge is 2.18. The molecule has 0 spiro atoms. The zero-order valence-corrected chi connectivity index (χ0v) is 10.3. The zero-order valence-electron chi connectivity index (χ0n) is 10.3. The van der Waals surface area contributed by atoms with Crippen LogP contribution in [0.5, 0.6) is 0 Å². The van der Waals surface area contributed by atoms with Crippen LogP contribution in [0.4, 0.5) is 0 Å².